The molecule has 208 valence electrons. The minimum absolute atomic E-state index is 0.0164. The van der Waals surface area contributed by atoms with Gasteiger partial charge in [-0.2, -0.15) is 8.42 Å². The molecule has 7 nitrogen and oxygen atoms in total. The van der Waals surface area contributed by atoms with Gasteiger partial charge in [0, 0.05) is 17.0 Å². The minimum atomic E-state index is -4.33. The topological polar surface area (TPSA) is 96.0 Å². The third kappa shape index (κ3) is 4.90. The molecular weight excluding hydrogens is 618 g/mol. The number of ether oxygens (including phenoxy) is 2. The van der Waals surface area contributed by atoms with Crippen molar-refractivity contribution in [1.29, 1.82) is 0 Å². The van der Waals surface area contributed by atoms with Crippen molar-refractivity contribution >= 4 is 35.9 Å². The van der Waals surface area contributed by atoms with E-state index in [2.05, 4.69) is 15.9 Å². The van der Waals surface area contributed by atoms with E-state index in [0.29, 0.717) is 4.47 Å². The summed E-state index contributed by atoms with van der Waals surface area (Å²) in [6, 6.07) is 13.9. The van der Waals surface area contributed by atoms with Crippen LogP contribution < -0.4 is 4.74 Å². The van der Waals surface area contributed by atoms with Crippen molar-refractivity contribution in [1.82, 2.24) is 0 Å². The number of fused-ring (bicyclic) bond motifs is 3. The van der Waals surface area contributed by atoms with E-state index >= 15 is 4.39 Å². The van der Waals surface area contributed by atoms with E-state index < -0.39 is 54.1 Å². The number of rotatable bonds is 7. The molecule has 0 aromatic heterocycles. The van der Waals surface area contributed by atoms with E-state index in [1.54, 1.807) is 24.3 Å². The second-order valence-electron chi connectivity index (χ2n) is 9.53. The lowest BCUT2D eigenvalue weighted by Gasteiger charge is -2.50. The van der Waals surface area contributed by atoms with Crippen LogP contribution in [0.5, 0.6) is 5.75 Å². The standard InChI is InChI=1S/C27H25BrF2O7S2/c1-17-2-6-20(7-3-17)39(33,34)37-14-12-24-21-16-36-26-23(30)11-10-22(29)25(26)27(21,13-15-35-24)38(31,32)19-8-4-18(28)5-9-19/h2-11,21,24H,12-16H2,1H3/t21-,24-,27-/m0/s1. The molecule has 1 saturated heterocycles. The summed E-state index contributed by atoms with van der Waals surface area (Å²) < 4.78 is 99.8. The number of aryl methyl sites for hydroxylation is 1. The molecule has 0 radical (unpaired) electrons. The summed E-state index contributed by atoms with van der Waals surface area (Å²) in [6.45, 7) is 1.14. The molecule has 0 aliphatic carbocycles. The number of sulfone groups is 1. The fourth-order valence-electron chi connectivity index (χ4n) is 5.38. The maximum Gasteiger partial charge on any atom is 0.296 e. The molecule has 0 saturated carbocycles. The van der Waals surface area contributed by atoms with E-state index in [1.165, 1.54) is 24.3 Å². The molecule has 0 N–H and O–H groups in total. The Morgan fingerprint density at radius 3 is 2.28 bits per heavy atom. The highest BCUT2D eigenvalue weighted by Gasteiger charge is 2.61. The Morgan fingerprint density at radius 2 is 1.59 bits per heavy atom. The molecule has 39 heavy (non-hydrogen) atoms. The summed E-state index contributed by atoms with van der Waals surface area (Å²) in [5.74, 6) is -3.19. The second-order valence-corrected chi connectivity index (χ2v) is 14.3. The van der Waals surface area contributed by atoms with Crippen LogP contribution >= 0.6 is 15.9 Å². The highest BCUT2D eigenvalue weighted by Crippen LogP contribution is 2.55. The van der Waals surface area contributed by atoms with Crippen molar-refractivity contribution in [3.8, 4) is 5.75 Å². The monoisotopic (exact) mass is 642 g/mol. The van der Waals surface area contributed by atoms with Gasteiger partial charge in [0.25, 0.3) is 10.1 Å². The summed E-state index contributed by atoms with van der Waals surface area (Å²) in [4.78, 5) is -0.0802. The van der Waals surface area contributed by atoms with Crippen molar-refractivity contribution in [3.05, 3.63) is 87.9 Å². The average molecular weight is 644 g/mol. The van der Waals surface area contributed by atoms with Crippen molar-refractivity contribution in [3.63, 3.8) is 0 Å². The van der Waals surface area contributed by atoms with Crippen LogP contribution in [0.4, 0.5) is 8.78 Å². The Balaban J connectivity index is 1.52. The van der Waals surface area contributed by atoms with Gasteiger partial charge in [-0.05, 0) is 68.3 Å². The number of hydrogen-bond donors (Lipinski definition) is 0. The molecule has 3 aromatic carbocycles. The number of benzene rings is 3. The Morgan fingerprint density at radius 1 is 0.949 bits per heavy atom. The first kappa shape index (κ1) is 28.2. The number of halogens is 3. The van der Waals surface area contributed by atoms with E-state index in [1.807, 2.05) is 6.92 Å². The predicted molar refractivity (Wildman–Crippen MR) is 142 cm³/mol. The van der Waals surface area contributed by atoms with Crippen LogP contribution in [-0.4, -0.2) is 42.8 Å². The first-order chi connectivity index (χ1) is 18.5. The predicted octanol–water partition coefficient (Wildman–Crippen LogP) is 5.30. The normalized spacial score (nSPS) is 23.0. The van der Waals surface area contributed by atoms with Crippen LogP contribution in [0.1, 0.15) is 24.0 Å². The van der Waals surface area contributed by atoms with E-state index in [-0.39, 0.29) is 48.0 Å². The third-order valence-corrected chi connectivity index (χ3v) is 11.7. The van der Waals surface area contributed by atoms with Crippen LogP contribution in [0.3, 0.4) is 0 Å². The first-order valence-electron chi connectivity index (χ1n) is 12.2. The molecule has 5 rings (SSSR count). The fourth-order valence-corrected chi connectivity index (χ4v) is 8.91. The van der Waals surface area contributed by atoms with Gasteiger partial charge in [-0.1, -0.05) is 33.6 Å². The van der Waals surface area contributed by atoms with E-state index in [4.69, 9.17) is 13.7 Å². The fraction of sp³-hybridized carbons (Fsp3) is 0.333. The Bertz CT molecular complexity index is 1590. The zero-order chi connectivity index (χ0) is 28.0. The molecule has 2 heterocycles. The van der Waals surface area contributed by atoms with Crippen LogP contribution in [0.25, 0.3) is 0 Å². The molecule has 0 spiro atoms. The number of hydrogen-bond acceptors (Lipinski definition) is 7. The SMILES string of the molecule is Cc1ccc(S(=O)(=O)OCC[C@@H]2OCC[C@@]3(S(=O)(=O)c4ccc(Br)cc4)c4c(F)ccc(F)c4OC[C@@H]23)cc1. The molecule has 3 aromatic rings. The average Bonchev–Trinajstić information content (AvgIpc) is 2.90. The molecule has 2 aliphatic heterocycles. The van der Waals surface area contributed by atoms with Crippen molar-refractivity contribution in [2.24, 2.45) is 5.92 Å². The summed E-state index contributed by atoms with van der Waals surface area (Å²) in [6.07, 6.45) is -1.05. The van der Waals surface area contributed by atoms with E-state index in [9.17, 15) is 21.2 Å². The summed E-state index contributed by atoms with van der Waals surface area (Å²) in [7, 11) is -8.41. The lowest BCUT2D eigenvalue weighted by atomic mass is 9.75. The Kier molecular flexibility index (Phi) is 7.62. The summed E-state index contributed by atoms with van der Waals surface area (Å²) >= 11 is 3.29. The maximum absolute atomic E-state index is 15.5. The van der Waals surface area contributed by atoms with Crippen LogP contribution in [0, 0.1) is 24.5 Å². The molecule has 2 aliphatic rings. The van der Waals surface area contributed by atoms with Gasteiger partial charge in [0.2, 0.25) is 0 Å². The Hall–Kier alpha value is -2.38. The largest absolute Gasteiger partial charge is 0.490 e. The van der Waals surface area contributed by atoms with Gasteiger partial charge in [-0.3, -0.25) is 4.18 Å². The molecular formula is C27H25BrF2O7S2. The van der Waals surface area contributed by atoms with Crippen molar-refractivity contribution in [2.75, 3.05) is 19.8 Å². The van der Waals surface area contributed by atoms with Gasteiger partial charge >= 0.3 is 0 Å². The van der Waals surface area contributed by atoms with Gasteiger partial charge in [0.1, 0.15) is 10.6 Å². The molecule has 0 unspecified atom stereocenters. The zero-order valence-corrected chi connectivity index (χ0v) is 24.0. The maximum atomic E-state index is 15.5. The van der Waals surface area contributed by atoms with E-state index in [0.717, 1.165) is 17.7 Å². The van der Waals surface area contributed by atoms with Gasteiger partial charge < -0.3 is 9.47 Å². The highest BCUT2D eigenvalue weighted by molar-refractivity contribution is 9.10. The Labute approximate surface area is 234 Å². The van der Waals surface area contributed by atoms with Crippen molar-refractivity contribution < 1.29 is 39.3 Å². The van der Waals surface area contributed by atoms with Gasteiger partial charge in [-0.25, -0.2) is 17.2 Å². The lowest BCUT2D eigenvalue weighted by Crippen LogP contribution is -2.57. The molecule has 1 fully saturated rings. The minimum Gasteiger partial charge on any atom is -0.490 e. The lowest BCUT2D eigenvalue weighted by molar-refractivity contribution is -0.0793. The van der Waals surface area contributed by atoms with Gasteiger partial charge in [-0.15, -0.1) is 0 Å². The van der Waals surface area contributed by atoms with Crippen LogP contribution in [-0.2, 0) is 33.6 Å². The first-order valence-corrected chi connectivity index (χ1v) is 15.8. The van der Waals surface area contributed by atoms with Crippen LogP contribution in [0.2, 0.25) is 0 Å². The quantitative estimate of drug-likeness (QED) is 0.323. The molecule has 0 amide bonds. The molecule has 3 atom stereocenters. The van der Waals surface area contributed by atoms with Gasteiger partial charge in [0.15, 0.2) is 21.4 Å². The zero-order valence-electron chi connectivity index (χ0n) is 20.8. The highest BCUT2D eigenvalue weighted by atomic mass is 79.9. The molecule has 12 heteroatoms. The molecule has 0 bridgehead atoms. The smallest absolute Gasteiger partial charge is 0.296 e. The second kappa shape index (κ2) is 10.5. The van der Waals surface area contributed by atoms with Crippen LogP contribution in [0.15, 0.2) is 74.9 Å². The summed E-state index contributed by atoms with van der Waals surface area (Å²) in [5.41, 5.74) is 0.511. The van der Waals surface area contributed by atoms with Gasteiger partial charge in [0.05, 0.1) is 34.7 Å². The summed E-state index contributed by atoms with van der Waals surface area (Å²) in [5, 5.41) is 0. The third-order valence-electron chi connectivity index (χ3n) is 7.30. The van der Waals surface area contributed by atoms with Crippen molar-refractivity contribution in [2.45, 2.75) is 40.4 Å².